The van der Waals surface area contributed by atoms with Crippen LogP contribution >= 0.6 is 31.9 Å². The summed E-state index contributed by atoms with van der Waals surface area (Å²) >= 11 is 6.89. The average molecular weight is 348 g/mol. The van der Waals surface area contributed by atoms with Gasteiger partial charge in [0.15, 0.2) is 0 Å². The van der Waals surface area contributed by atoms with Crippen LogP contribution in [0, 0.1) is 5.92 Å². The molecule has 3 nitrogen and oxygen atoms in total. The first-order valence-corrected chi connectivity index (χ1v) is 6.80. The fraction of sp³-hybridized carbons (Fsp3) is 0.455. The van der Waals surface area contributed by atoms with E-state index in [2.05, 4.69) is 41.7 Å². The van der Waals surface area contributed by atoms with Crippen molar-refractivity contribution in [3.05, 3.63) is 21.2 Å². The second-order valence-electron chi connectivity index (χ2n) is 3.92. The highest BCUT2D eigenvalue weighted by molar-refractivity contribution is 9.11. The number of halogens is 2. The number of anilines is 1. The number of hydrogen-bond acceptors (Lipinski definition) is 3. The zero-order chi connectivity index (χ0) is 11.5. The highest BCUT2D eigenvalue weighted by Crippen LogP contribution is 2.29. The molecule has 1 fully saturated rings. The van der Waals surface area contributed by atoms with Crippen molar-refractivity contribution in [2.75, 3.05) is 18.0 Å². The van der Waals surface area contributed by atoms with Gasteiger partial charge in [-0.2, -0.15) is 0 Å². The minimum Gasteiger partial charge on any atom is -0.356 e. The molecular formula is C11H12Br2N2O. The summed E-state index contributed by atoms with van der Waals surface area (Å²) in [6.07, 6.45) is 4.72. The zero-order valence-electron chi connectivity index (χ0n) is 8.70. The van der Waals surface area contributed by atoms with E-state index in [1.165, 1.54) is 0 Å². The number of aromatic nitrogens is 1. The second kappa shape index (κ2) is 5.27. The van der Waals surface area contributed by atoms with Crippen molar-refractivity contribution in [3.63, 3.8) is 0 Å². The van der Waals surface area contributed by atoms with Gasteiger partial charge in [-0.1, -0.05) is 0 Å². The lowest BCUT2D eigenvalue weighted by atomic mass is 9.99. The standard InChI is InChI=1S/C11H12Br2N2O/c12-9-5-10(13)11(14-6-9)15-3-1-8(7-16)2-4-15/h5-8H,1-4H2. The van der Waals surface area contributed by atoms with Crippen LogP contribution in [0.25, 0.3) is 0 Å². The quantitative estimate of drug-likeness (QED) is 0.771. The van der Waals surface area contributed by atoms with Gasteiger partial charge in [-0.15, -0.1) is 0 Å². The van der Waals surface area contributed by atoms with Crippen molar-refractivity contribution in [1.82, 2.24) is 4.98 Å². The summed E-state index contributed by atoms with van der Waals surface area (Å²) in [4.78, 5) is 17.3. The minimum atomic E-state index is 0.227. The predicted molar refractivity (Wildman–Crippen MR) is 70.6 cm³/mol. The van der Waals surface area contributed by atoms with Crippen molar-refractivity contribution < 1.29 is 4.79 Å². The van der Waals surface area contributed by atoms with Crippen LogP contribution in [-0.4, -0.2) is 24.4 Å². The van der Waals surface area contributed by atoms with Gasteiger partial charge in [0.2, 0.25) is 0 Å². The minimum absolute atomic E-state index is 0.227. The van der Waals surface area contributed by atoms with Crippen LogP contribution in [0.15, 0.2) is 21.2 Å². The van der Waals surface area contributed by atoms with Gasteiger partial charge in [-0.3, -0.25) is 0 Å². The average Bonchev–Trinajstić information content (AvgIpc) is 2.29. The molecule has 0 spiro atoms. The molecular weight excluding hydrogens is 336 g/mol. The lowest BCUT2D eigenvalue weighted by Crippen LogP contribution is -2.34. The molecule has 2 heterocycles. The van der Waals surface area contributed by atoms with Crippen LogP contribution in [0.1, 0.15) is 12.8 Å². The van der Waals surface area contributed by atoms with E-state index < -0.39 is 0 Å². The molecule has 0 bridgehead atoms. The number of nitrogens with zero attached hydrogens (tertiary/aromatic N) is 2. The van der Waals surface area contributed by atoms with Crippen LogP contribution in [-0.2, 0) is 4.79 Å². The fourth-order valence-corrected chi connectivity index (χ4v) is 3.13. The van der Waals surface area contributed by atoms with E-state index in [0.717, 1.165) is 47.0 Å². The summed E-state index contributed by atoms with van der Waals surface area (Å²) in [6, 6.07) is 1.99. The van der Waals surface area contributed by atoms with Crippen LogP contribution in [0.4, 0.5) is 5.82 Å². The molecule has 0 radical (unpaired) electrons. The van der Waals surface area contributed by atoms with E-state index in [1.807, 2.05) is 6.07 Å². The van der Waals surface area contributed by atoms with Gasteiger partial charge in [0.25, 0.3) is 0 Å². The molecule has 0 aliphatic carbocycles. The molecule has 0 amide bonds. The van der Waals surface area contributed by atoms with Gasteiger partial charge < -0.3 is 9.69 Å². The molecule has 0 saturated carbocycles. The topological polar surface area (TPSA) is 33.2 Å². The highest BCUT2D eigenvalue weighted by atomic mass is 79.9. The molecule has 0 N–H and O–H groups in total. The van der Waals surface area contributed by atoms with Crippen LogP contribution in [0.2, 0.25) is 0 Å². The maximum atomic E-state index is 10.7. The summed E-state index contributed by atoms with van der Waals surface area (Å²) in [5.41, 5.74) is 0. The molecule has 1 aromatic rings. The number of rotatable bonds is 2. The smallest absolute Gasteiger partial charge is 0.142 e. The van der Waals surface area contributed by atoms with Crippen molar-refractivity contribution in [2.24, 2.45) is 5.92 Å². The molecule has 0 atom stereocenters. The normalized spacial score (nSPS) is 17.5. The predicted octanol–water partition coefficient (Wildman–Crippen LogP) is 3.02. The molecule has 1 saturated heterocycles. The van der Waals surface area contributed by atoms with Gasteiger partial charge in [0, 0.05) is 29.7 Å². The largest absolute Gasteiger partial charge is 0.356 e. The molecule has 0 aromatic carbocycles. The Balaban J connectivity index is 2.11. The number of hydrogen-bond donors (Lipinski definition) is 0. The Kier molecular flexibility index (Phi) is 3.97. The second-order valence-corrected chi connectivity index (χ2v) is 5.69. The van der Waals surface area contributed by atoms with E-state index in [9.17, 15) is 4.79 Å². The lowest BCUT2D eigenvalue weighted by Gasteiger charge is -2.31. The Hall–Kier alpha value is -0.420. The number of carbonyl (C=O) groups is 1. The Morgan fingerprint density at radius 3 is 2.62 bits per heavy atom. The maximum absolute atomic E-state index is 10.7. The van der Waals surface area contributed by atoms with E-state index in [4.69, 9.17) is 0 Å². The Morgan fingerprint density at radius 2 is 2.06 bits per heavy atom. The summed E-state index contributed by atoms with van der Waals surface area (Å²) in [6.45, 7) is 1.80. The number of carbonyl (C=O) groups excluding carboxylic acids is 1. The summed E-state index contributed by atoms with van der Waals surface area (Å²) in [5, 5.41) is 0. The molecule has 86 valence electrons. The van der Waals surface area contributed by atoms with Gasteiger partial charge in [0.1, 0.15) is 12.1 Å². The van der Waals surface area contributed by atoms with E-state index in [1.54, 1.807) is 6.20 Å². The molecule has 2 rings (SSSR count). The molecule has 16 heavy (non-hydrogen) atoms. The first-order chi connectivity index (χ1) is 7.70. The maximum Gasteiger partial charge on any atom is 0.142 e. The molecule has 1 aromatic heterocycles. The van der Waals surface area contributed by atoms with E-state index >= 15 is 0 Å². The molecule has 0 unspecified atom stereocenters. The van der Waals surface area contributed by atoms with Gasteiger partial charge in [-0.25, -0.2) is 4.98 Å². The van der Waals surface area contributed by atoms with Gasteiger partial charge in [-0.05, 0) is 50.8 Å². The SMILES string of the molecule is O=CC1CCN(c2ncc(Br)cc2Br)CC1. The van der Waals surface area contributed by atoms with Gasteiger partial charge >= 0.3 is 0 Å². The monoisotopic (exact) mass is 346 g/mol. The third-order valence-electron chi connectivity index (χ3n) is 2.82. The molecule has 5 heteroatoms. The third-order valence-corrected chi connectivity index (χ3v) is 3.84. The molecule has 1 aliphatic rings. The fourth-order valence-electron chi connectivity index (χ4n) is 1.89. The van der Waals surface area contributed by atoms with Crippen LogP contribution in [0.3, 0.4) is 0 Å². The van der Waals surface area contributed by atoms with E-state index in [-0.39, 0.29) is 5.92 Å². The van der Waals surface area contributed by atoms with Crippen molar-refractivity contribution in [3.8, 4) is 0 Å². The Morgan fingerprint density at radius 1 is 1.38 bits per heavy atom. The third kappa shape index (κ3) is 2.63. The first-order valence-electron chi connectivity index (χ1n) is 5.22. The highest BCUT2D eigenvalue weighted by Gasteiger charge is 2.20. The van der Waals surface area contributed by atoms with E-state index in [0.29, 0.717) is 0 Å². The van der Waals surface area contributed by atoms with Crippen LogP contribution < -0.4 is 4.90 Å². The Labute approximate surface area is 111 Å². The summed E-state index contributed by atoms with van der Waals surface area (Å²) in [5.74, 6) is 1.19. The van der Waals surface area contributed by atoms with Gasteiger partial charge in [0.05, 0.1) is 4.47 Å². The Bertz CT molecular complexity index is 390. The zero-order valence-corrected chi connectivity index (χ0v) is 11.9. The summed E-state index contributed by atoms with van der Waals surface area (Å²) < 4.78 is 1.96. The number of aldehydes is 1. The van der Waals surface area contributed by atoms with Crippen molar-refractivity contribution in [1.29, 1.82) is 0 Å². The van der Waals surface area contributed by atoms with Crippen molar-refractivity contribution in [2.45, 2.75) is 12.8 Å². The first kappa shape index (κ1) is 12.0. The van der Waals surface area contributed by atoms with Crippen LogP contribution in [0.5, 0.6) is 0 Å². The summed E-state index contributed by atoms with van der Waals surface area (Å²) in [7, 11) is 0. The lowest BCUT2D eigenvalue weighted by molar-refractivity contribution is -0.111. The number of piperidine rings is 1. The number of pyridine rings is 1. The molecule has 1 aliphatic heterocycles. The van der Waals surface area contributed by atoms with Crippen molar-refractivity contribution >= 4 is 44.0 Å².